The molecule has 2 aliphatic heterocycles. The molecule has 1 fully saturated rings. The fraction of sp³-hybridized carbons (Fsp3) is 0.286. The van der Waals surface area contributed by atoms with Crippen LogP contribution in [0, 0.1) is 33.5 Å². The quantitative estimate of drug-likeness (QED) is 0.219. The van der Waals surface area contributed by atoms with Crippen molar-refractivity contribution in [2.45, 2.75) is 40.7 Å². The molecule has 0 aliphatic carbocycles. The fourth-order valence-electron chi connectivity index (χ4n) is 6.39. The van der Waals surface area contributed by atoms with Crippen molar-refractivity contribution in [1.29, 1.82) is 0 Å². The normalized spacial score (nSPS) is 14.2. The number of hydrogen-bond acceptors (Lipinski definition) is 10. The van der Waals surface area contributed by atoms with Gasteiger partial charge in [0.2, 0.25) is 0 Å². The van der Waals surface area contributed by atoms with E-state index in [0.29, 0.717) is 30.0 Å². The maximum absolute atomic E-state index is 15.0. The van der Waals surface area contributed by atoms with Crippen molar-refractivity contribution in [3.8, 4) is 28.5 Å². The second-order valence-corrected chi connectivity index (χ2v) is 13.8. The molecule has 299 valence electrons. The number of rotatable bonds is 4. The van der Waals surface area contributed by atoms with Crippen molar-refractivity contribution in [2.24, 2.45) is 0 Å². The van der Waals surface area contributed by atoms with Crippen LogP contribution in [-0.2, 0) is 19.5 Å². The number of benzene rings is 1. The van der Waals surface area contributed by atoms with E-state index in [4.69, 9.17) is 4.74 Å². The number of nitrogens with zero attached hydrogens (tertiary/aromatic N) is 7. The molecule has 0 saturated carbocycles. The van der Waals surface area contributed by atoms with Gasteiger partial charge in [0.25, 0.3) is 0 Å². The van der Waals surface area contributed by atoms with Gasteiger partial charge in [-0.3, -0.25) is 24.7 Å². The number of pyridine rings is 5. The predicted octanol–water partition coefficient (Wildman–Crippen LogP) is -0.264. The summed E-state index contributed by atoms with van der Waals surface area (Å²) in [5, 5.41) is 11.3. The number of carbonyl (C=O) groups excluding carboxylic acids is 1. The molecule has 1 radical (unpaired) electrons. The molecule has 1 aromatic carbocycles. The third-order valence-electron chi connectivity index (χ3n) is 9.37. The Morgan fingerprint density at radius 1 is 0.754 bits per heavy atom. The Balaban J connectivity index is 0.000000241. The largest absolute Gasteiger partial charge is 3.00 e. The zero-order chi connectivity index (χ0) is 38.5. The van der Waals surface area contributed by atoms with Crippen molar-refractivity contribution in [2.75, 3.05) is 44.7 Å². The van der Waals surface area contributed by atoms with Crippen molar-refractivity contribution >= 4 is 22.6 Å². The van der Waals surface area contributed by atoms with Gasteiger partial charge in [-0.1, -0.05) is 0 Å². The monoisotopic (exact) mass is 900 g/mol. The predicted molar refractivity (Wildman–Crippen MR) is 206 cm³/mol. The second kappa shape index (κ2) is 20.6. The van der Waals surface area contributed by atoms with E-state index >= 15 is 0 Å². The summed E-state index contributed by atoms with van der Waals surface area (Å²) in [4.78, 5) is 45.1. The number of halogens is 3. The van der Waals surface area contributed by atoms with Crippen molar-refractivity contribution in [1.82, 2.24) is 29.4 Å². The molecule has 5 aromatic heterocycles. The Morgan fingerprint density at radius 3 is 1.56 bits per heavy atom. The number of aromatic nitrogens is 5. The Hall–Kier alpha value is -4.81. The standard InChI is InChI=1S/C18H20FN3O4.2C12H12N2.2ClH.Ru/c1-10-9-26-17-14-11(16(23)12(18(24)25)8-22(10)14)7-13(19)15(17)21-5-3-20(2)4-6-21;2*1-9-3-5-13-11(7-9)12-8-10(2)4-6-14-12;;;/h7-8,10H,3-6,9H2,1-2H3,(H,24,25);2*3-8H,1-2H3;2*1H;/q;;;;;+3/p-3. The van der Waals surface area contributed by atoms with Crippen LogP contribution in [-0.4, -0.2) is 75.2 Å². The van der Waals surface area contributed by atoms with E-state index in [0.717, 1.165) is 41.9 Å². The van der Waals surface area contributed by atoms with Gasteiger partial charge in [-0.2, -0.15) is 0 Å². The van der Waals surface area contributed by atoms with E-state index < -0.39 is 22.8 Å². The molecule has 8 rings (SSSR count). The minimum absolute atomic E-state index is 0. The molecule has 1 saturated heterocycles. The maximum atomic E-state index is 15.0. The third kappa shape index (κ3) is 11.0. The van der Waals surface area contributed by atoms with Crippen LogP contribution in [0.25, 0.3) is 33.7 Å². The van der Waals surface area contributed by atoms with Gasteiger partial charge in [0.1, 0.15) is 12.3 Å². The number of piperazine rings is 1. The Bertz CT molecular complexity index is 2220. The molecular formula is C42H43Cl2FN7O4Ru. The first-order valence-electron chi connectivity index (χ1n) is 17.8. The number of likely N-dealkylation sites (N-methyl/N-ethyl adjacent to an activating group) is 1. The maximum Gasteiger partial charge on any atom is 3.00 e. The molecule has 0 amide bonds. The zero-order valence-electron chi connectivity index (χ0n) is 32.4. The summed E-state index contributed by atoms with van der Waals surface area (Å²) in [6.07, 6.45) is 8.54. The van der Waals surface area contributed by atoms with Gasteiger partial charge in [0.05, 0.1) is 51.3 Å². The first kappa shape index (κ1) is 46.6. The topological polar surface area (TPSA) is 129 Å². The van der Waals surface area contributed by atoms with Crippen molar-refractivity contribution in [3.63, 3.8) is 0 Å². The number of carboxylic acid groups (broad SMARTS) is 1. The summed E-state index contributed by atoms with van der Waals surface area (Å²) in [6.45, 7) is 13.2. The van der Waals surface area contributed by atoms with Gasteiger partial charge in [-0.15, -0.1) is 0 Å². The minimum Gasteiger partial charge on any atom is -1.00 e. The van der Waals surface area contributed by atoms with Crippen LogP contribution in [0.1, 0.15) is 45.6 Å². The van der Waals surface area contributed by atoms with Gasteiger partial charge in [-0.05, 0) is 119 Å². The summed E-state index contributed by atoms with van der Waals surface area (Å²) >= 11 is 0. The van der Waals surface area contributed by atoms with E-state index in [-0.39, 0.29) is 62.3 Å². The number of carbonyl (C=O) groups is 1. The van der Waals surface area contributed by atoms with Crippen LogP contribution in [0.4, 0.5) is 10.1 Å². The molecule has 57 heavy (non-hydrogen) atoms. The third-order valence-corrected chi connectivity index (χ3v) is 9.37. The molecule has 6 aromatic rings. The molecule has 7 heterocycles. The first-order chi connectivity index (χ1) is 25.9. The summed E-state index contributed by atoms with van der Waals surface area (Å²) < 4.78 is 22.5. The molecular weight excluding hydrogens is 857 g/mol. The average Bonchev–Trinajstić information content (AvgIpc) is 3.15. The van der Waals surface area contributed by atoms with Gasteiger partial charge >= 0.3 is 19.5 Å². The van der Waals surface area contributed by atoms with E-state index in [1.165, 1.54) is 28.5 Å². The number of carboxylic acids is 1. The van der Waals surface area contributed by atoms with E-state index in [2.05, 4.69) is 52.5 Å². The van der Waals surface area contributed by atoms with Crippen LogP contribution in [0.15, 0.2) is 90.4 Å². The van der Waals surface area contributed by atoms with Crippen LogP contribution in [0.2, 0.25) is 0 Å². The molecule has 2 aliphatic rings. The first-order valence-corrected chi connectivity index (χ1v) is 17.8. The Morgan fingerprint density at radius 2 is 1.18 bits per heavy atom. The van der Waals surface area contributed by atoms with Gasteiger partial charge < -0.3 is 53.8 Å². The Kier molecular flexibility index (Phi) is 16.8. The van der Waals surface area contributed by atoms with Crippen LogP contribution in [0.5, 0.6) is 5.75 Å². The summed E-state index contributed by atoms with van der Waals surface area (Å²) in [6, 6.07) is 17.1. The number of ether oxygens (including phenoxy) is 1. The molecule has 11 nitrogen and oxygen atoms in total. The van der Waals surface area contributed by atoms with E-state index in [1.807, 2.05) is 92.2 Å². The van der Waals surface area contributed by atoms with Gasteiger partial charge in [0, 0.05) is 57.2 Å². The van der Waals surface area contributed by atoms with E-state index in [1.54, 1.807) is 4.57 Å². The van der Waals surface area contributed by atoms with E-state index in [9.17, 15) is 19.1 Å². The Labute approximate surface area is 356 Å². The van der Waals surface area contributed by atoms with Gasteiger partial charge in [0.15, 0.2) is 17.0 Å². The molecule has 1 unspecified atom stereocenters. The molecule has 0 N–H and O–H groups in total. The number of aryl methyl sites for hydroxylation is 4. The SMILES string of the molecule is CC1COc2c(N3CCN(C)CC3)c(F)cc3c(=O)c(C(=O)[O-])cn1c23.Cc1ccnc(-c2cc(C)ccn2)c1.Cc1ccnc(-c2cc(C)ccn2)c1.[Cl-].[Cl-].[Ru+3]. The number of aromatic carboxylic acids is 1. The fourth-order valence-corrected chi connectivity index (χ4v) is 6.39. The molecule has 1 atom stereocenters. The molecule has 15 heteroatoms. The molecule has 0 spiro atoms. The molecule has 0 bridgehead atoms. The van der Waals surface area contributed by atoms with Crippen LogP contribution in [0.3, 0.4) is 0 Å². The van der Waals surface area contributed by atoms with Crippen LogP contribution < -0.4 is 45.0 Å². The van der Waals surface area contributed by atoms with Gasteiger partial charge in [-0.25, -0.2) is 4.39 Å². The van der Waals surface area contributed by atoms with Crippen molar-refractivity contribution < 1.29 is 63.3 Å². The number of hydrogen-bond donors (Lipinski definition) is 0. The summed E-state index contributed by atoms with van der Waals surface area (Å²) in [7, 11) is 2.01. The summed E-state index contributed by atoms with van der Waals surface area (Å²) in [5.74, 6) is -1.83. The van der Waals surface area contributed by atoms with Crippen LogP contribution >= 0.6 is 0 Å². The number of anilines is 1. The average molecular weight is 901 g/mol. The second-order valence-electron chi connectivity index (χ2n) is 13.8. The van der Waals surface area contributed by atoms with Crippen molar-refractivity contribution in [3.05, 3.63) is 129 Å². The summed E-state index contributed by atoms with van der Waals surface area (Å²) in [5.41, 5.74) is 8.14. The smallest absolute Gasteiger partial charge is 1.00 e. The zero-order valence-corrected chi connectivity index (χ0v) is 35.7. The minimum atomic E-state index is -1.57.